The molecule has 0 aliphatic rings. The first-order chi connectivity index (χ1) is 8.52. The maximum absolute atomic E-state index is 12.4. The number of nitro benzene ring substituents is 1. The molecular weight excluding hydrogens is 244 g/mol. The molecule has 0 N–H and O–H groups in total. The molecule has 7 heteroatoms. The molecule has 96 valence electrons. The van der Waals surface area contributed by atoms with E-state index in [0.29, 0.717) is 23.0 Å². The number of rotatable bonds is 4. The molecule has 0 aliphatic carbocycles. The summed E-state index contributed by atoms with van der Waals surface area (Å²) in [5.74, 6) is 0. The Hall–Kier alpha value is -2.05. The molecule has 1 aromatic heterocycles. The fourth-order valence-corrected chi connectivity index (χ4v) is 1.88. The number of fused-ring (bicyclic) bond motifs is 1. The molecule has 1 heterocycles. The summed E-state index contributed by atoms with van der Waals surface area (Å²) in [4.78, 5) is 10.2. The summed E-state index contributed by atoms with van der Waals surface area (Å²) in [6.45, 7) is 1.32. The zero-order valence-corrected chi connectivity index (χ0v) is 9.64. The number of nitrogens with zero attached hydrogens (tertiary/aromatic N) is 3. The Morgan fingerprint density at radius 2 is 2.22 bits per heavy atom. The number of benzene rings is 1. The maximum atomic E-state index is 12.4. The van der Waals surface area contributed by atoms with Crippen LogP contribution in [-0.4, -0.2) is 21.1 Å². The van der Waals surface area contributed by atoms with Gasteiger partial charge in [0.1, 0.15) is 6.54 Å². The lowest BCUT2D eigenvalue weighted by molar-refractivity contribution is -0.384. The lowest BCUT2D eigenvalue weighted by Crippen LogP contribution is -2.08. The Labute approximate surface area is 101 Å². The zero-order chi connectivity index (χ0) is 13.3. The van der Waals surface area contributed by atoms with Crippen molar-refractivity contribution in [3.05, 3.63) is 34.0 Å². The lowest BCUT2D eigenvalue weighted by Gasteiger charge is -2.01. The average molecular weight is 255 g/mol. The van der Waals surface area contributed by atoms with Crippen LogP contribution in [0, 0.1) is 10.1 Å². The number of non-ortho nitro benzene ring substituents is 1. The van der Waals surface area contributed by atoms with Crippen LogP contribution in [-0.2, 0) is 13.0 Å². The summed E-state index contributed by atoms with van der Waals surface area (Å²) < 4.78 is 26.0. The molecule has 0 radical (unpaired) electrons. The molecule has 0 saturated carbocycles. The SMILES string of the molecule is CCc1nn(CC(F)F)c2ccc([N+](=O)[O-])cc12. The smallest absolute Gasteiger partial charge is 0.259 e. The molecule has 2 aromatic rings. The third kappa shape index (κ3) is 2.15. The quantitative estimate of drug-likeness (QED) is 0.623. The summed E-state index contributed by atoms with van der Waals surface area (Å²) in [7, 11) is 0. The van der Waals surface area contributed by atoms with Crippen LogP contribution in [0.4, 0.5) is 14.5 Å². The van der Waals surface area contributed by atoms with Gasteiger partial charge >= 0.3 is 0 Å². The molecule has 0 bridgehead atoms. The van der Waals surface area contributed by atoms with Gasteiger partial charge in [-0.1, -0.05) is 6.92 Å². The molecule has 1 aromatic carbocycles. The third-order valence-electron chi connectivity index (χ3n) is 2.67. The topological polar surface area (TPSA) is 61.0 Å². The molecular formula is C11H11F2N3O2. The Balaban J connectivity index is 2.59. The first-order valence-electron chi connectivity index (χ1n) is 5.45. The summed E-state index contributed by atoms with van der Waals surface area (Å²) in [6, 6.07) is 4.14. The van der Waals surface area contributed by atoms with Gasteiger partial charge in [-0.3, -0.25) is 14.8 Å². The van der Waals surface area contributed by atoms with Crippen LogP contribution in [0.1, 0.15) is 12.6 Å². The van der Waals surface area contributed by atoms with Gasteiger partial charge in [-0.15, -0.1) is 0 Å². The first kappa shape index (κ1) is 12.4. The van der Waals surface area contributed by atoms with Crippen LogP contribution in [0.15, 0.2) is 18.2 Å². The molecule has 0 unspecified atom stereocenters. The molecule has 5 nitrogen and oxygen atoms in total. The van der Waals surface area contributed by atoms with Gasteiger partial charge in [0.15, 0.2) is 0 Å². The van der Waals surface area contributed by atoms with Crippen molar-refractivity contribution < 1.29 is 13.7 Å². The normalized spacial score (nSPS) is 11.3. The minimum absolute atomic E-state index is 0.0613. The molecule has 0 spiro atoms. The summed E-state index contributed by atoms with van der Waals surface area (Å²) in [5.41, 5.74) is 1.03. The largest absolute Gasteiger partial charge is 0.270 e. The van der Waals surface area contributed by atoms with Crippen LogP contribution in [0.2, 0.25) is 0 Å². The number of aromatic nitrogens is 2. The van der Waals surface area contributed by atoms with Crippen molar-refractivity contribution in [3.63, 3.8) is 0 Å². The van der Waals surface area contributed by atoms with Crippen molar-refractivity contribution in [2.45, 2.75) is 26.3 Å². The van der Waals surface area contributed by atoms with Gasteiger partial charge in [-0.25, -0.2) is 8.78 Å². The van der Waals surface area contributed by atoms with E-state index in [9.17, 15) is 18.9 Å². The summed E-state index contributed by atoms with van der Waals surface area (Å²) in [6.07, 6.45) is -1.97. The second-order valence-corrected chi connectivity index (χ2v) is 3.83. The second-order valence-electron chi connectivity index (χ2n) is 3.83. The molecule has 0 fully saturated rings. The number of alkyl halides is 2. The predicted octanol–water partition coefficient (Wildman–Crippen LogP) is 2.77. The van der Waals surface area contributed by atoms with Gasteiger partial charge in [-0.05, 0) is 12.5 Å². The van der Waals surface area contributed by atoms with Crippen molar-refractivity contribution in [2.24, 2.45) is 0 Å². The van der Waals surface area contributed by atoms with Gasteiger partial charge in [0.2, 0.25) is 0 Å². The average Bonchev–Trinajstić information content (AvgIpc) is 2.66. The van der Waals surface area contributed by atoms with Crippen molar-refractivity contribution >= 4 is 16.6 Å². The van der Waals surface area contributed by atoms with Crippen molar-refractivity contribution in [2.75, 3.05) is 0 Å². The van der Waals surface area contributed by atoms with E-state index >= 15 is 0 Å². The van der Waals surface area contributed by atoms with Crippen LogP contribution in [0.3, 0.4) is 0 Å². The highest BCUT2D eigenvalue weighted by atomic mass is 19.3. The van der Waals surface area contributed by atoms with Gasteiger partial charge in [0.25, 0.3) is 12.1 Å². The molecule has 2 rings (SSSR count). The first-order valence-corrected chi connectivity index (χ1v) is 5.45. The number of hydrogen-bond donors (Lipinski definition) is 0. The molecule has 0 aliphatic heterocycles. The van der Waals surface area contributed by atoms with E-state index in [4.69, 9.17) is 0 Å². The Kier molecular flexibility index (Phi) is 3.22. The third-order valence-corrected chi connectivity index (χ3v) is 2.67. The fraction of sp³-hybridized carbons (Fsp3) is 0.364. The maximum Gasteiger partial charge on any atom is 0.270 e. The van der Waals surface area contributed by atoms with Crippen LogP contribution in [0.5, 0.6) is 0 Å². The highest BCUT2D eigenvalue weighted by Crippen LogP contribution is 2.24. The zero-order valence-electron chi connectivity index (χ0n) is 9.64. The van der Waals surface area contributed by atoms with E-state index in [2.05, 4.69) is 5.10 Å². The predicted molar refractivity (Wildman–Crippen MR) is 61.8 cm³/mol. The second kappa shape index (κ2) is 4.67. The van der Waals surface area contributed by atoms with E-state index in [0.717, 1.165) is 0 Å². The highest BCUT2D eigenvalue weighted by Gasteiger charge is 2.16. The molecule has 0 amide bonds. The van der Waals surface area contributed by atoms with E-state index in [1.54, 1.807) is 0 Å². The monoisotopic (exact) mass is 255 g/mol. The standard InChI is InChI=1S/C11H11F2N3O2/c1-2-9-8-5-7(16(17)18)3-4-10(8)15(14-9)6-11(12)13/h3-5,11H,2,6H2,1H3. The van der Waals surface area contributed by atoms with Gasteiger partial charge < -0.3 is 0 Å². The number of hydrogen-bond acceptors (Lipinski definition) is 3. The van der Waals surface area contributed by atoms with Crippen molar-refractivity contribution in [3.8, 4) is 0 Å². The van der Waals surface area contributed by atoms with Gasteiger partial charge in [-0.2, -0.15) is 5.10 Å². The lowest BCUT2D eigenvalue weighted by atomic mass is 10.1. The van der Waals surface area contributed by atoms with Gasteiger partial charge in [0, 0.05) is 17.5 Å². The van der Waals surface area contributed by atoms with E-state index in [-0.39, 0.29) is 5.69 Å². The van der Waals surface area contributed by atoms with Crippen LogP contribution in [0.25, 0.3) is 10.9 Å². The van der Waals surface area contributed by atoms with E-state index < -0.39 is 17.9 Å². The summed E-state index contributed by atoms with van der Waals surface area (Å²) >= 11 is 0. The Morgan fingerprint density at radius 1 is 1.50 bits per heavy atom. The highest BCUT2D eigenvalue weighted by molar-refractivity contribution is 5.84. The van der Waals surface area contributed by atoms with Crippen molar-refractivity contribution in [1.82, 2.24) is 9.78 Å². The number of halogens is 2. The van der Waals surface area contributed by atoms with Gasteiger partial charge in [0.05, 0.1) is 16.1 Å². The Bertz CT molecular complexity index is 595. The minimum Gasteiger partial charge on any atom is -0.259 e. The van der Waals surface area contributed by atoms with Crippen molar-refractivity contribution in [1.29, 1.82) is 0 Å². The van der Waals surface area contributed by atoms with Crippen LogP contribution >= 0.6 is 0 Å². The summed E-state index contributed by atoms with van der Waals surface area (Å²) in [5, 5.41) is 15.3. The molecule has 0 saturated heterocycles. The minimum atomic E-state index is -2.51. The number of nitro groups is 1. The van der Waals surface area contributed by atoms with E-state index in [1.165, 1.54) is 22.9 Å². The fourth-order valence-electron chi connectivity index (χ4n) is 1.88. The molecule has 0 atom stereocenters. The van der Waals surface area contributed by atoms with E-state index in [1.807, 2.05) is 6.92 Å². The molecule has 18 heavy (non-hydrogen) atoms. The Morgan fingerprint density at radius 3 is 2.78 bits per heavy atom. The number of aryl methyl sites for hydroxylation is 1. The van der Waals surface area contributed by atoms with Crippen LogP contribution < -0.4 is 0 Å².